The van der Waals surface area contributed by atoms with Gasteiger partial charge in [-0.1, -0.05) is 0 Å². The van der Waals surface area contributed by atoms with Gasteiger partial charge in [-0.15, -0.1) is 10.2 Å². The van der Waals surface area contributed by atoms with Crippen LogP contribution in [-0.2, 0) is 18.3 Å². The molecular formula is C15H26N6O2. The van der Waals surface area contributed by atoms with Gasteiger partial charge in [0.05, 0.1) is 13.2 Å². The Morgan fingerprint density at radius 3 is 2.57 bits per heavy atom. The molecule has 0 unspecified atom stereocenters. The van der Waals surface area contributed by atoms with Gasteiger partial charge in [0.2, 0.25) is 0 Å². The summed E-state index contributed by atoms with van der Waals surface area (Å²) in [6, 6.07) is 0.316. The Morgan fingerprint density at radius 1 is 1.26 bits per heavy atom. The fourth-order valence-corrected chi connectivity index (χ4v) is 3.24. The molecule has 3 rings (SSSR count). The molecule has 0 aromatic carbocycles. The van der Waals surface area contributed by atoms with Crippen molar-refractivity contribution in [2.75, 3.05) is 32.8 Å². The van der Waals surface area contributed by atoms with Crippen LogP contribution in [0.4, 0.5) is 4.79 Å². The van der Waals surface area contributed by atoms with Crippen LogP contribution in [0.25, 0.3) is 0 Å². The lowest BCUT2D eigenvalue weighted by Crippen LogP contribution is -2.48. The summed E-state index contributed by atoms with van der Waals surface area (Å²) in [6.45, 7) is 6.06. The first-order chi connectivity index (χ1) is 11.1. The van der Waals surface area contributed by atoms with E-state index in [0.717, 1.165) is 44.1 Å². The van der Waals surface area contributed by atoms with Crippen LogP contribution in [-0.4, -0.2) is 69.5 Å². The molecule has 2 N–H and O–H groups in total. The predicted octanol–water partition coefficient (Wildman–Crippen LogP) is 0.294. The highest BCUT2D eigenvalue weighted by atomic mass is 16.6. The van der Waals surface area contributed by atoms with Gasteiger partial charge in [0.1, 0.15) is 11.6 Å². The number of piperazine rings is 1. The van der Waals surface area contributed by atoms with E-state index < -0.39 is 0 Å². The Labute approximate surface area is 136 Å². The molecule has 1 saturated carbocycles. The summed E-state index contributed by atoms with van der Waals surface area (Å²) in [5, 5.41) is 8.70. The molecule has 2 fully saturated rings. The SMILES string of the molecule is CCOC(=O)N1CCN(Cc2nnc(C3CC(N)C3)n2C)CC1. The summed E-state index contributed by atoms with van der Waals surface area (Å²) in [4.78, 5) is 15.8. The second kappa shape index (κ2) is 6.84. The van der Waals surface area contributed by atoms with Crippen molar-refractivity contribution in [1.29, 1.82) is 0 Å². The van der Waals surface area contributed by atoms with Crippen LogP contribution >= 0.6 is 0 Å². The van der Waals surface area contributed by atoms with Gasteiger partial charge < -0.3 is 19.9 Å². The van der Waals surface area contributed by atoms with Gasteiger partial charge in [0.15, 0.2) is 0 Å². The van der Waals surface area contributed by atoms with Crippen LogP contribution in [0.5, 0.6) is 0 Å². The Hall–Kier alpha value is -1.67. The molecule has 0 radical (unpaired) electrons. The molecule has 23 heavy (non-hydrogen) atoms. The topological polar surface area (TPSA) is 89.5 Å². The smallest absolute Gasteiger partial charge is 0.409 e. The van der Waals surface area contributed by atoms with Crippen LogP contribution in [0, 0.1) is 0 Å². The molecule has 0 bridgehead atoms. The molecule has 0 atom stereocenters. The number of carbonyl (C=O) groups is 1. The van der Waals surface area contributed by atoms with Crippen LogP contribution in [0.3, 0.4) is 0 Å². The lowest BCUT2D eigenvalue weighted by atomic mass is 9.80. The third kappa shape index (κ3) is 3.48. The first-order valence-corrected chi connectivity index (χ1v) is 8.36. The van der Waals surface area contributed by atoms with E-state index >= 15 is 0 Å². The summed E-state index contributed by atoms with van der Waals surface area (Å²) in [7, 11) is 2.03. The number of amides is 1. The minimum atomic E-state index is -0.214. The van der Waals surface area contributed by atoms with Crippen LogP contribution in [0.2, 0.25) is 0 Å². The Morgan fingerprint density at radius 2 is 1.96 bits per heavy atom. The van der Waals surface area contributed by atoms with E-state index in [1.165, 1.54) is 0 Å². The standard InChI is InChI=1S/C15H26N6O2/c1-3-23-15(22)21-6-4-20(5-7-21)10-13-17-18-14(19(13)2)11-8-12(16)9-11/h11-12H,3-10,16H2,1-2H3. The zero-order chi connectivity index (χ0) is 16.4. The largest absolute Gasteiger partial charge is 0.450 e. The van der Waals surface area contributed by atoms with E-state index in [9.17, 15) is 4.79 Å². The molecule has 8 heteroatoms. The highest BCUT2D eigenvalue weighted by molar-refractivity contribution is 5.67. The fraction of sp³-hybridized carbons (Fsp3) is 0.800. The monoisotopic (exact) mass is 322 g/mol. The predicted molar refractivity (Wildman–Crippen MR) is 84.8 cm³/mol. The number of nitrogens with zero attached hydrogens (tertiary/aromatic N) is 5. The average Bonchev–Trinajstić information content (AvgIpc) is 2.86. The molecule has 1 aliphatic carbocycles. The molecule has 0 spiro atoms. The van der Waals surface area contributed by atoms with Crippen molar-refractivity contribution in [2.24, 2.45) is 12.8 Å². The van der Waals surface area contributed by atoms with Gasteiger partial charge in [-0.2, -0.15) is 0 Å². The van der Waals surface area contributed by atoms with Crippen LogP contribution in [0.15, 0.2) is 0 Å². The van der Waals surface area contributed by atoms with Crippen molar-refractivity contribution >= 4 is 6.09 Å². The summed E-state index contributed by atoms with van der Waals surface area (Å²) in [5.41, 5.74) is 5.86. The molecule has 128 valence electrons. The van der Waals surface area contributed by atoms with E-state index in [0.29, 0.717) is 31.7 Å². The molecule has 2 aliphatic rings. The van der Waals surface area contributed by atoms with Gasteiger partial charge in [-0.05, 0) is 19.8 Å². The van der Waals surface area contributed by atoms with Crippen molar-refractivity contribution < 1.29 is 9.53 Å². The first kappa shape index (κ1) is 16.2. The maximum absolute atomic E-state index is 11.7. The minimum Gasteiger partial charge on any atom is -0.450 e. The highest BCUT2D eigenvalue weighted by Gasteiger charge is 2.32. The van der Waals surface area contributed by atoms with E-state index in [4.69, 9.17) is 10.5 Å². The van der Waals surface area contributed by atoms with Crippen LogP contribution in [0.1, 0.15) is 37.3 Å². The van der Waals surface area contributed by atoms with Crippen molar-refractivity contribution in [3.63, 3.8) is 0 Å². The van der Waals surface area contributed by atoms with E-state index in [-0.39, 0.29) is 6.09 Å². The van der Waals surface area contributed by atoms with E-state index in [1.54, 1.807) is 4.90 Å². The molecule has 8 nitrogen and oxygen atoms in total. The summed E-state index contributed by atoms with van der Waals surface area (Å²) in [5.74, 6) is 2.48. The summed E-state index contributed by atoms with van der Waals surface area (Å²) in [6.07, 6.45) is 1.79. The van der Waals surface area contributed by atoms with Gasteiger partial charge in [-0.25, -0.2) is 4.79 Å². The number of carbonyl (C=O) groups excluding carboxylic acids is 1. The minimum absolute atomic E-state index is 0.214. The van der Waals surface area contributed by atoms with Crippen molar-refractivity contribution in [3.8, 4) is 0 Å². The summed E-state index contributed by atoms with van der Waals surface area (Å²) >= 11 is 0. The average molecular weight is 322 g/mol. The zero-order valence-corrected chi connectivity index (χ0v) is 13.9. The van der Waals surface area contributed by atoms with Gasteiger partial charge in [0, 0.05) is 45.2 Å². The Bertz CT molecular complexity index is 546. The molecule has 1 aromatic rings. The summed E-state index contributed by atoms with van der Waals surface area (Å²) < 4.78 is 7.15. The van der Waals surface area contributed by atoms with Crippen molar-refractivity contribution in [1.82, 2.24) is 24.6 Å². The van der Waals surface area contributed by atoms with Crippen molar-refractivity contribution in [3.05, 3.63) is 11.6 Å². The van der Waals surface area contributed by atoms with Gasteiger partial charge in [-0.3, -0.25) is 4.90 Å². The third-order valence-corrected chi connectivity index (χ3v) is 4.80. The van der Waals surface area contributed by atoms with Crippen molar-refractivity contribution in [2.45, 2.75) is 38.3 Å². The number of rotatable bonds is 4. The second-order valence-corrected chi connectivity index (χ2v) is 6.42. The first-order valence-electron chi connectivity index (χ1n) is 8.36. The lowest BCUT2D eigenvalue weighted by Gasteiger charge is -2.34. The second-order valence-electron chi connectivity index (χ2n) is 6.42. The molecule has 1 aliphatic heterocycles. The molecule has 1 amide bonds. The van der Waals surface area contributed by atoms with Gasteiger partial charge >= 0.3 is 6.09 Å². The van der Waals surface area contributed by atoms with E-state index in [2.05, 4.69) is 19.7 Å². The maximum Gasteiger partial charge on any atom is 0.409 e. The number of nitrogens with two attached hydrogens (primary N) is 1. The highest BCUT2D eigenvalue weighted by Crippen LogP contribution is 2.34. The number of aromatic nitrogens is 3. The van der Waals surface area contributed by atoms with Gasteiger partial charge in [0.25, 0.3) is 0 Å². The molecular weight excluding hydrogens is 296 g/mol. The third-order valence-electron chi connectivity index (χ3n) is 4.80. The lowest BCUT2D eigenvalue weighted by molar-refractivity contribution is 0.0769. The normalized spacial score (nSPS) is 25.3. The van der Waals surface area contributed by atoms with E-state index in [1.807, 2.05) is 14.0 Å². The zero-order valence-electron chi connectivity index (χ0n) is 13.9. The number of hydrogen-bond donors (Lipinski definition) is 1. The molecule has 2 heterocycles. The Kier molecular flexibility index (Phi) is 4.82. The number of hydrogen-bond acceptors (Lipinski definition) is 6. The molecule has 1 aromatic heterocycles. The quantitative estimate of drug-likeness (QED) is 0.857. The van der Waals surface area contributed by atoms with Crippen LogP contribution < -0.4 is 5.73 Å². The fourth-order valence-electron chi connectivity index (χ4n) is 3.24. The number of ether oxygens (including phenoxy) is 1. The molecule has 1 saturated heterocycles. The maximum atomic E-state index is 11.7. The Balaban J connectivity index is 1.52.